The molecule has 0 bridgehead atoms. The Morgan fingerprint density at radius 1 is 1.06 bits per heavy atom. The number of hydrogen-bond acceptors (Lipinski definition) is 9. The van der Waals surface area contributed by atoms with Crippen molar-refractivity contribution in [2.45, 2.75) is 53.4 Å². The summed E-state index contributed by atoms with van der Waals surface area (Å²) in [7, 11) is 1.55. The molecule has 252 valence electrons. The highest BCUT2D eigenvalue weighted by molar-refractivity contribution is 9.10. The zero-order chi connectivity index (χ0) is 34.5. The molecule has 2 heterocycles. The Bertz CT molecular complexity index is 2050. The first-order valence-electron chi connectivity index (χ1n) is 15.4. The number of aromatic nitrogens is 1. The summed E-state index contributed by atoms with van der Waals surface area (Å²) in [6, 6.07) is 15.7. The molecular formula is C36H36BrClN2O7S. The summed E-state index contributed by atoms with van der Waals surface area (Å²) >= 11 is 11.2. The van der Waals surface area contributed by atoms with Gasteiger partial charge in [-0.3, -0.25) is 9.36 Å². The summed E-state index contributed by atoms with van der Waals surface area (Å²) in [5, 5.41) is 0.608. The monoisotopic (exact) mass is 754 g/mol. The summed E-state index contributed by atoms with van der Waals surface area (Å²) < 4.78 is 31.7. The van der Waals surface area contributed by atoms with Gasteiger partial charge in [-0.15, -0.1) is 0 Å². The van der Waals surface area contributed by atoms with E-state index in [-0.39, 0.29) is 30.5 Å². The lowest BCUT2D eigenvalue weighted by molar-refractivity contribution is -0.139. The van der Waals surface area contributed by atoms with Gasteiger partial charge in [-0.2, -0.15) is 0 Å². The summed E-state index contributed by atoms with van der Waals surface area (Å²) in [5.41, 5.74) is 2.62. The van der Waals surface area contributed by atoms with Crippen LogP contribution in [0.3, 0.4) is 0 Å². The van der Waals surface area contributed by atoms with Crippen molar-refractivity contribution in [2.24, 2.45) is 4.99 Å². The number of halogens is 2. The molecule has 1 aromatic heterocycles. The fourth-order valence-electron chi connectivity index (χ4n) is 5.30. The first-order chi connectivity index (χ1) is 23.1. The molecule has 0 N–H and O–H groups in total. The highest BCUT2D eigenvalue weighted by Gasteiger charge is 2.34. The smallest absolute Gasteiger partial charge is 0.338 e. The van der Waals surface area contributed by atoms with Crippen LogP contribution in [-0.2, 0) is 16.1 Å². The third-order valence-electron chi connectivity index (χ3n) is 7.34. The van der Waals surface area contributed by atoms with Crippen LogP contribution in [0.25, 0.3) is 6.08 Å². The van der Waals surface area contributed by atoms with Gasteiger partial charge in [0.15, 0.2) is 27.8 Å². The molecule has 1 atom stereocenters. The molecule has 0 saturated carbocycles. The number of carbonyl (C=O) groups excluding carboxylic acids is 1. The number of nitrogens with zero attached hydrogens (tertiary/aromatic N) is 2. The van der Waals surface area contributed by atoms with Crippen LogP contribution in [0.4, 0.5) is 0 Å². The van der Waals surface area contributed by atoms with Crippen LogP contribution in [0.15, 0.2) is 80.1 Å². The van der Waals surface area contributed by atoms with E-state index in [0.717, 1.165) is 5.56 Å². The van der Waals surface area contributed by atoms with Gasteiger partial charge in [-0.05, 0) is 98.1 Å². The molecule has 5 rings (SSSR count). The van der Waals surface area contributed by atoms with Crippen LogP contribution in [0.2, 0.25) is 5.02 Å². The SMILES string of the molecule is CCOC(=O)C1=C(C)N=c2s/c(=C/c3cc(Br)c(OCc4ccccc4Cl)c(OCC)c3)c(=O)n2[C@H]1c1ccc(OC(C)C)c(OC)c1. The van der Waals surface area contributed by atoms with Gasteiger partial charge in [0, 0.05) is 10.6 Å². The van der Waals surface area contributed by atoms with Gasteiger partial charge < -0.3 is 23.7 Å². The zero-order valence-corrected chi connectivity index (χ0v) is 30.6. The molecule has 3 aromatic carbocycles. The molecule has 0 saturated heterocycles. The van der Waals surface area contributed by atoms with Crippen molar-refractivity contribution >= 4 is 50.9 Å². The van der Waals surface area contributed by atoms with Gasteiger partial charge in [0.2, 0.25) is 0 Å². The zero-order valence-electron chi connectivity index (χ0n) is 27.5. The minimum Gasteiger partial charge on any atom is -0.493 e. The molecule has 12 heteroatoms. The molecule has 1 aliphatic heterocycles. The van der Waals surface area contributed by atoms with E-state index in [1.54, 1.807) is 39.2 Å². The summed E-state index contributed by atoms with van der Waals surface area (Å²) in [4.78, 5) is 32.7. The Morgan fingerprint density at radius 2 is 1.83 bits per heavy atom. The Kier molecular flexibility index (Phi) is 11.3. The highest BCUT2D eigenvalue weighted by atomic mass is 79.9. The van der Waals surface area contributed by atoms with Crippen molar-refractivity contribution in [1.29, 1.82) is 0 Å². The molecule has 0 aliphatic carbocycles. The topological polar surface area (TPSA) is 97.6 Å². The predicted molar refractivity (Wildman–Crippen MR) is 190 cm³/mol. The highest BCUT2D eigenvalue weighted by Crippen LogP contribution is 2.39. The van der Waals surface area contributed by atoms with Crippen LogP contribution in [-0.4, -0.2) is 37.0 Å². The summed E-state index contributed by atoms with van der Waals surface area (Å²) in [6.07, 6.45) is 1.70. The number of esters is 1. The first-order valence-corrected chi connectivity index (χ1v) is 17.4. The fraction of sp³-hybridized carbons (Fsp3) is 0.306. The largest absolute Gasteiger partial charge is 0.493 e. The van der Waals surface area contributed by atoms with Crippen molar-refractivity contribution in [2.75, 3.05) is 20.3 Å². The summed E-state index contributed by atoms with van der Waals surface area (Å²) in [6.45, 7) is 10.0. The quantitative estimate of drug-likeness (QED) is 0.144. The van der Waals surface area contributed by atoms with Crippen LogP contribution >= 0.6 is 38.9 Å². The number of carbonyl (C=O) groups is 1. The minimum absolute atomic E-state index is 0.0779. The lowest BCUT2D eigenvalue weighted by Gasteiger charge is -2.25. The maximum atomic E-state index is 14.2. The van der Waals surface area contributed by atoms with Crippen LogP contribution in [0.1, 0.15) is 57.4 Å². The van der Waals surface area contributed by atoms with Gasteiger partial charge in [0.05, 0.1) is 52.7 Å². The summed E-state index contributed by atoms with van der Waals surface area (Å²) in [5.74, 6) is 1.51. The van der Waals surface area contributed by atoms with E-state index in [2.05, 4.69) is 20.9 Å². The Hall–Kier alpha value is -4.06. The maximum Gasteiger partial charge on any atom is 0.338 e. The van der Waals surface area contributed by atoms with Crippen molar-refractivity contribution in [3.8, 4) is 23.0 Å². The number of methoxy groups -OCH3 is 1. The van der Waals surface area contributed by atoms with Crippen molar-refractivity contribution in [3.05, 3.63) is 112 Å². The number of allylic oxidation sites excluding steroid dienone is 1. The number of rotatable bonds is 12. The Morgan fingerprint density at radius 3 is 2.52 bits per heavy atom. The normalized spacial score (nSPS) is 14.4. The molecule has 9 nitrogen and oxygen atoms in total. The second-order valence-corrected chi connectivity index (χ2v) is 13.3. The molecule has 48 heavy (non-hydrogen) atoms. The maximum absolute atomic E-state index is 14.2. The van der Waals surface area contributed by atoms with Gasteiger partial charge in [0.1, 0.15) is 6.61 Å². The molecule has 0 fully saturated rings. The molecule has 1 aliphatic rings. The second kappa shape index (κ2) is 15.4. The molecule has 4 aromatic rings. The number of benzene rings is 3. The molecule has 0 amide bonds. The van der Waals surface area contributed by atoms with E-state index in [1.165, 1.54) is 15.9 Å². The third-order valence-corrected chi connectivity index (χ3v) is 9.28. The number of thiazole rings is 1. The van der Waals surface area contributed by atoms with Gasteiger partial charge in [-0.25, -0.2) is 9.79 Å². The average Bonchev–Trinajstić information content (AvgIpc) is 3.34. The Labute approximate surface area is 296 Å². The number of hydrogen-bond donors (Lipinski definition) is 0. The van der Waals surface area contributed by atoms with Crippen molar-refractivity contribution in [3.63, 3.8) is 0 Å². The van der Waals surface area contributed by atoms with E-state index in [1.807, 2.05) is 63.2 Å². The average molecular weight is 756 g/mol. The first kappa shape index (κ1) is 35.3. The molecule has 0 radical (unpaired) electrons. The van der Waals surface area contributed by atoms with Crippen LogP contribution < -0.4 is 33.8 Å². The van der Waals surface area contributed by atoms with Gasteiger partial charge >= 0.3 is 5.97 Å². The second-order valence-electron chi connectivity index (χ2n) is 11.0. The molecule has 0 spiro atoms. The van der Waals surface area contributed by atoms with Gasteiger partial charge in [-0.1, -0.05) is 47.2 Å². The van der Waals surface area contributed by atoms with Crippen LogP contribution in [0, 0.1) is 0 Å². The van der Waals surface area contributed by atoms with Crippen molar-refractivity contribution in [1.82, 2.24) is 4.57 Å². The van der Waals surface area contributed by atoms with E-state index in [0.29, 0.717) is 65.3 Å². The van der Waals surface area contributed by atoms with E-state index in [9.17, 15) is 9.59 Å². The van der Waals surface area contributed by atoms with Crippen LogP contribution in [0.5, 0.6) is 23.0 Å². The number of fused-ring (bicyclic) bond motifs is 1. The minimum atomic E-state index is -0.809. The molecular weight excluding hydrogens is 720 g/mol. The lowest BCUT2D eigenvalue weighted by atomic mass is 9.95. The lowest BCUT2D eigenvalue weighted by Crippen LogP contribution is -2.40. The van der Waals surface area contributed by atoms with Crippen molar-refractivity contribution < 1.29 is 28.5 Å². The standard InChI is InChI=1S/C36H36BrClN2O7S/c1-7-44-29-16-22(15-25(37)33(29)46-19-24-11-9-10-12-26(24)38)17-30-34(41)40-32(23-13-14-27(47-20(3)4)28(18-23)43-6)31(35(42)45-8-2)21(5)39-36(40)48-30/h9-18,20,32H,7-8,19H2,1-6H3/b30-17+/t32-/m0/s1. The number of ether oxygens (including phenoxy) is 5. The predicted octanol–water partition coefficient (Wildman–Crippen LogP) is 6.99. The third kappa shape index (κ3) is 7.48. The molecule has 0 unspecified atom stereocenters. The Balaban J connectivity index is 1.61. The van der Waals surface area contributed by atoms with Gasteiger partial charge in [0.25, 0.3) is 5.56 Å². The van der Waals surface area contributed by atoms with E-state index in [4.69, 9.17) is 35.3 Å². The van der Waals surface area contributed by atoms with E-state index < -0.39 is 12.0 Å². The fourth-order valence-corrected chi connectivity index (χ4v) is 7.11. The van der Waals surface area contributed by atoms with E-state index >= 15 is 0 Å².